The first-order valence-electron chi connectivity index (χ1n) is 7.07. The van der Waals surface area contributed by atoms with Gasteiger partial charge in [0.25, 0.3) is 0 Å². The van der Waals surface area contributed by atoms with Crippen LogP contribution < -0.4 is 29.6 Å². The number of unbranched alkanes of at least 4 members (excludes halogenated alkanes) is 6. The van der Waals surface area contributed by atoms with Gasteiger partial charge in [-0.25, -0.2) is 8.42 Å². The van der Waals surface area contributed by atoms with Crippen LogP contribution in [-0.2, 0) is 10.1 Å². The van der Waals surface area contributed by atoms with Gasteiger partial charge in [0.1, 0.15) is 0 Å². The van der Waals surface area contributed by atoms with Crippen molar-refractivity contribution in [2.45, 2.75) is 77.2 Å². The van der Waals surface area contributed by atoms with E-state index in [2.05, 4.69) is 6.92 Å². The molecule has 0 spiro atoms. The largest absolute Gasteiger partial charge is 1.00 e. The Hall–Kier alpha value is 0.870. The van der Waals surface area contributed by atoms with Crippen molar-refractivity contribution in [2.24, 2.45) is 0 Å². The van der Waals surface area contributed by atoms with Crippen molar-refractivity contribution in [3.05, 3.63) is 0 Å². The van der Waals surface area contributed by atoms with E-state index < -0.39 is 10.1 Å². The molecule has 0 aromatic carbocycles. The van der Waals surface area contributed by atoms with E-state index in [9.17, 15) is 18.1 Å². The SMILES string of the molecule is CCCCCC(O)CCCCCCCS(=O)(=O)[O-].[Na+]. The van der Waals surface area contributed by atoms with Crippen molar-refractivity contribution < 1.29 is 47.6 Å². The smallest absolute Gasteiger partial charge is 0.748 e. The Bertz CT molecular complexity index is 280. The molecule has 0 amide bonds. The molecule has 0 aliphatic carbocycles. The Morgan fingerprint density at radius 3 is 1.95 bits per heavy atom. The van der Waals surface area contributed by atoms with Crippen LogP contribution in [0.3, 0.4) is 0 Å². The van der Waals surface area contributed by atoms with E-state index >= 15 is 0 Å². The second kappa shape index (κ2) is 13.8. The van der Waals surface area contributed by atoms with Crippen molar-refractivity contribution >= 4 is 10.1 Å². The molecule has 0 aromatic rings. The summed E-state index contributed by atoms with van der Waals surface area (Å²) >= 11 is 0. The summed E-state index contributed by atoms with van der Waals surface area (Å²) < 4.78 is 31.0. The number of hydrogen-bond donors (Lipinski definition) is 1. The molecule has 1 atom stereocenters. The molecule has 0 aromatic heterocycles. The first kappa shape index (κ1) is 22.2. The van der Waals surface area contributed by atoms with Crippen molar-refractivity contribution in [1.82, 2.24) is 0 Å². The zero-order valence-corrected chi connectivity index (χ0v) is 15.3. The molecule has 4 nitrogen and oxygen atoms in total. The normalized spacial score (nSPS) is 13.0. The first-order valence-corrected chi connectivity index (χ1v) is 8.65. The standard InChI is InChI=1S/C13H28O4S.Na/c1-2-3-7-10-13(14)11-8-5-4-6-9-12-18(15,16)17;/h13-14H,2-12H2,1H3,(H,15,16,17);/q;+1/p-1. The monoisotopic (exact) mass is 302 g/mol. The molecular formula is C13H27NaO4S. The fraction of sp³-hybridized carbons (Fsp3) is 1.00. The first-order chi connectivity index (χ1) is 8.45. The molecule has 0 heterocycles. The van der Waals surface area contributed by atoms with E-state index in [1.807, 2.05) is 0 Å². The predicted octanol–water partition coefficient (Wildman–Crippen LogP) is -0.183. The third-order valence-electron chi connectivity index (χ3n) is 3.07. The van der Waals surface area contributed by atoms with E-state index in [0.29, 0.717) is 6.42 Å². The molecule has 0 saturated carbocycles. The molecular weight excluding hydrogens is 275 g/mol. The summed E-state index contributed by atoms with van der Waals surface area (Å²) in [6, 6.07) is 0. The molecule has 0 bridgehead atoms. The zero-order chi connectivity index (χ0) is 13.9. The molecule has 0 aliphatic heterocycles. The van der Waals surface area contributed by atoms with Crippen molar-refractivity contribution in [1.29, 1.82) is 0 Å². The minimum atomic E-state index is -4.03. The van der Waals surface area contributed by atoms with Gasteiger partial charge in [-0.3, -0.25) is 0 Å². The van der Waals surface area contributed by atoms with Crippen LogP contribution in [0.2, 0.25) is 0 Å². The fourth-order valence-corrected chi connectivity index (χ4v) is 2.52. The molecule has 0 fully saturated rings. The zero-order valence-electron chi connectivity index (χ0n) is 12.4. The van der Waals surface area contributed by atoms with Crippen molar-refractivity contribution in [3.8, 4) is 0 Å². The van der Waals surface area contributed by atoms with Crippen LogP contribution in [-0.4, -0.2) is 29.9 Å². The Labute approximate surface area is 140 Å². The fourth-order valence-electron chi connectivity index (χ4n) is 1.96. The molecule has 6 heteroatoms. The quantitative estimate of drug-likeness (QED) is 0.308. The van der Waals surface area contributed by atoms with Gasteiger partial charge in [-0.15, -0.1) is 0 Å². The van der Waals surface area contributed by atoms with Crippen LogP contribution in [0.25, 0.3) is 0 Å². The third-order valence-corrected chi connectivity index (χ3v) is 3.86. The van der Waals surface area contributed by atoms with Gasteiger partial charge in [-0.1, -0.05) is 51.9 Å². The minimum absolute atomic E-state index is 0. The molecule has 0 saturated heterocycles. The number of aliphatic hydroxyl groups excluding tert-OH is 1. The second-order valence-electron chi connectivity index (χ2n) is 4.97. The van der Waals surface area contributed by atoms with Crippen LogP contribution in [0.15, 0.2) is 0 Å². The summed E-state index contributed by atoms with van der Waals surface area (Å²) in [5, 5.41) is 9.66. The Morgan fingerprint density at radius 1 is 0.947 bits per heavy atom. The molecule has 0 radical (unpaired) electrons. The maximum Gasteiger partial charge on any atom is 1.00 e. The van der Waals surface area contributed by atoms with E-state index in [-0.39, 0.29) is 41.4 Å². The van der Waals surface area contributed by atoms with E-state index in [1.165, 1.54) is 12.8 Å². The average Bonchev–Trinajstić information content (AvgIpc) is 2.26. The summed E-state index contributed by atoms with van der Waals surface area (Å²) in [5.74, 6) is -0.243. The molecule has 0 aliphatic rings. The van der Waals surface area contributed by atoms with Gasteiger partial charge in [0.05, 0.1) is 16.2 Å². The Kier molecular flexibility index (Phi) is 16.1. The predicted molar refractivity (Wildman–Crippen MR) is 72.4 cm³/mol. The topological polar surface area (TPSA) is 77.4 Å². The molecule has 19 heavy (non-hydrogen) atoms. The van der Waals surface area contributed by atoms with Crippen LogP contribution in [0.4, 0.5) is 0 Å². The number of hydrogen-bond acceptors (Lipinski definition) is 4. The van der Waals surface area contributed by atoms with Crippen LogP contribution in [0.5, 0.6) is 0 Å². The van der Waals surface area contributed by atoms with Crippen molar-refractivity contribution in [2.75, 3.05) is 5.75 Å². The number of aliphatic hydroxyl groups is 1. The summed E-state index contributed by atoms with van der Waals surface area (Å²) in [7, 11) is -4.03. The molecule has 0 rings (SSSR count). The molecule has 1 unspecified atom stereocenters. The van der Waals surface area contributed by atoms with Gasteiger partial charge in [0, 0.05) is 5.75 Å². The van der Waals surface area contributed by atoms with Gasteiger partial charge >= 0.3 is 29.6 Å². The van der Waals surface area contributed by atoms with Crippen LogP contribution >= 0.6 is 0 Å². The Morgan fingerprint density at radius 2 is 1.42 bits per heavy atom. The summed E-state index contributed by atoms with van der Waals surface area (Å²) in [5.41, 5.74) is 0. The summed E-state index contributed by atoms with van der Waals surface area (Å²) in [6.45, 7) is 2.15. The number of rotatable bonds is 12. The third kappa shape index (κ3) is 18.9. The van der Waals surface area contributed by atoms with E-state index in [1.54, 1.807) is 0 Å². The minimum Gasteiger partial charge on any atom is -0.748 e. The van der Waals surface area contributed by atoms with Gasteiger partial charge in [-0.05, 0) is 19.3 Å². The van der Waals surface area contributed by atoms with Gasteiger partial charge in [0.15, 0.2) is 0 Å². The average molecular weight is 302 g/mol. The van der Waals surface area contributed by atoms with Gasteiger partial charge < -0.3 is 9.66 Å². The van der Waals surface area contributed by atoms with Crippen LogP contribution in [0, 0.1) is 0 Å². The maximum atomic E-state index is 10.3. The van der Waals surface area contributed by atoms with E-state index in [0.717, 1.165) is 44.9 Å². The van der Waals surface area contributed by atoms with Crippen LogP contribution in [0.1, 0.15) is 71.1 Å². The van der Waals surface area contributed by atoms with Gasteiger partial charge in [-0.2, -0.15) is 0 Å². The second-order valence-corrected chi connectivity index (χ2v) is 6.49. The molecule has 110 valence electrons. The summed E-state index contributed by atoms with van der Waals surface area (Å²) in [6.07, 6.45) is 9.18. The van der Waals surface area contributed by atoms with Crippen molar-refractivity contribution in [3.63, 3.8) is 0 Å². The maximum absolute atomic E-state index is 10.3. The van der Waals surface area contributed by atoms with Gasteiger partial charge in [0.2, 0.25) is 0 Å². The summed E-state index contributed by atoms with van der Waals surface area (Å²) in [4.78, 5) is 0. The van der Waals surface area contributed by atoms with E-state index in [4.69, 9.17) is 0 Å². The Balaban J connectivity index is 0. The molecule has 1 N–H and O–H groups in total.